The van der Waals surface area contributed by atoms with Gasteiger partial charge in [-0.3, -0.25) is 9.59 Å². The maximum atomic E-state index is 12.8. The molecular weight excluding hydrogens is 296 g/mol. The molecule has 0 radical (unpaired) electrons. The normalized spacial score (nSPS) is 16.2. The molecule has 3 rings (SSSR count). The van der Waals surface area contributed by atoms with E-state index in [0.717, 1.165) is 18.4 Å². The van der Waals surface area contributed by atoms with Crippen LogP contribution in [0.2, 0.25) is 0 Å². The van der Waals surface area contributed by atoms with E-state index in [4.69, 9.17) is 0 Å². The summed E-state index contributed by atoms with van der Waals surface area (Å²) >= 11 is 0. The van der Waals surface area contributed by atoms with Crippen molar-refractivity contribution in [2.75, 3.05) is 11.9 Å². The van der Waals surface area contributed by atoms with Crippen LogP contribution in [0.3, 0.4) is 0 Å². The minimum atomic E-state index is -0.680. The monoisotopic (exact) mass is 314 g/mol. The van der Waals surface area contributed by atoms with Gasteiger partial charge in [0.2, 0.25) is 5.91 Å². The lowest BCUT2D eigenvalue weighted by Gasteiger charge is -2.33. The van der Waals surface area contributed by atoms with Gasteiger partial charge in [0.15, 0.2) is 5.82 Å². The van der Waals surface area contributed by atoms with Gasteiger partial charge in [0, 0.05) is 13.0 Å². The first-order valence-corrected chi connectivity index (χ1v) is 7.61. The van der Waals surface area contributed by atoms with Crippen molar-refractivity contribution in [2.45, 2.75) is 32.2 Å². The summed E-state index contributed by atoms with van der Waals surface area (Å²) in [5.41, 5.74) is 1.27. The van der Waals surface area contributed by atoms with Crippen LogP contribution in [-0.4, -0.2) is 33.6 Å². The van der Waals surface area contributed by atoms with Gasteiger partial charge < -0.3 is 10.2 Å². The number of aryl methyl sites for hydroxylation is 1. The number of hydrogen-bond donors (Lipinski definition) is 1. The molecule has 2 amide bonds. The smallest absolute Gasteiger partial charge is 0.253 e. The predicted molar refractivity (Wildman–Crippen MR) is 82.4 cm³/mol. The van der Waals surface area contributed by atoms with E-state index in [2.05, 4.69) is 20.3 Å². The van der Waals surface area contributed by atoms with Crippen LogP contribution in [0.5, 0.6) is 0 Å². The molecule has 0 saturated carbocycles. The van der Waals surface area contributed by atoms with Gasteiger partial charge in [0.05, 0.1) is 0 Å². The average Bonchev–Trinajstić information content (AvgIpc) is 2.96. The zero-order valence-corrected chi connectivity index (χ0v) is 12.9. The molecule has 0 aliphatic carbocycles. The van der Waals surface area contributed by atoms with Gasteiger partial charge in [-0.1, -0.05) is 35.5 Å². The first kappa shape index (κ1) is 15.2. The van der Waals surface area contributed by atoms with Crippen LogP contribution in [0.15, 0.2) is 35.0 Å². The van der Waals surface area contributed by atoms with Crippen molar-refractivity contribution in [1.29, 1.82) is 0 Å². The summed E-state index contributed by atoms with van der Waals surface area (Å²) < 4.78 is 4.60. The van der Waals surface area contributed by atoms with Gasteiger partial charge >= 0.3 is 0 Å². The number of carbonyl (C=O) groups excluding carboxylic acids is 2. The third kappa shape index (κ3) is 3.23. The summed E-state index contributed by atoms with van der Waals surface area (Å²) in [6, 6.07) is 8.60. The summed E-state index contributed by atoms with van der Waals surface area (Å²) in [6.07, 6.45) is 2.23. The molecule has 7 nitrogen and oxygen atoms in total. The van der Waals surface area contributed by atoms with Crippen LogP contribution >= 0.6 is 0 Å². The number of likely N-dealkylation sites (tertiary alicyclic amines) is 1. The molecule has 1 fully saturated rings. The van der Waals surface area contributed by atoms with E-state index in [1.165, 1.54) is 0 Å². The van der Waals surface area contributed by atoms with Crippen LogP contribution < -0.4 is 5.32 Å². The van der Waals surface area contributed by atoms with E-state index in [1.807, 2.05) is 30.3 Å². The second kappa shape index (κ2) is 6.60. The maximum absolute atomic E-state index is 12.8. The molecule has 23 heavy (non-hydrogen) atoms. The Kier molecular flexibility index (Phi) is 4.36. The topological polar surface area (TPSA) is 88.3 Å². The van der Waals surface area contributed by atoms with Crippen LogP contribution in [0.25, 0.3) is 0 Å². The fourth-order valence-corrected chi connectivity index (χ4v) is 2.74. The number of hydrogen-bond acceptors (Lipinski definition) is 5. The van der Waals surface area contributed by atoms with Crippen LogP contribution in [0.4, 0.5) is 5.82 Å². The number of anilines is 1. The van der Waals surface area contributed by atoms with Crippen LogP contribution in [0, 0.1) is 6.92 Å². The molecular formula is C16H18N4O3. The lowest BCUT2D eigenvalue weighted by atomic mass is 10.0. The zero-order valence-electron chi connectivity index (χ0n) is 12.9. The van der Waals surface area contributed by atoms with Gasteiger partial charge in [-0.25, -0.2) is 4.63 Å². The molecule has 7 heteroatoms. The SMILES string of the molecule is Cc1nonc1NC(=O)C(c1ccccc1)N1CCCCC1=O. The Labute approximate surface area is 133 Å². The van der Waals surface area contributed by atoms with Crippen molar-refractivity contribution < 1.29 is 14.2 Å². The summed E-state index contributed by atoms with van der Waals surface area (Å²) in [5.74, 6) is -0.0408. The highest BCUT2D eigenvalue weighted by molar-refractivity contribution is 5.97. The molecule has 1 unspecified atom stereocenters. The Morgan fingerprint density at radius 1 is 1.26 bits per heavy atom. The summed E-state index contributed by atoms with van der Waals surface area (Å²) in [4.78, 5) is 26.7. The van der Waals surface area contributed by atoms with Crippen LogP contribution in [0.1, 0.15) is 36.6 Å². The highest BCUT2D eigenvalue weighted by Gasteiger charge is 2.33. The standard InChI is InChI=1S/C16H18N4O3/c1-11-15(19-23-18-11)17-16(22)14(12-7-3-2-4-8-12)20-10-6-5-9-13(20)21/h2-4,7-8,14H,5-6,9-10H2,1H3,(H,17,19,22). The summed E-state index contributed by atoms with van der Waals surface area (Å²) in [5, 5.41) is 10.0. The van der Waals surface area contributed by atoms with E-state index in [0.29, 0.717) is 18.7 Å². The fraction of sp³-hybridized carbons (Fsp3) is 0.375. The van der Waals surface area contributed by atoms with Crippen molar-refractivity contribution >= 4 is 17.6 Å². The Bertz CT molecular complexity index is 698. The van der Waals surface area contributed by atoms with Gasteiger partial charge in [-0.05, 0) is 30.5 Å². The predicted octanol–water partition coefficient (Wildman–Crippen LogP) is 2.07. The number of amides is 2. The van der Waals surface area contributed by atoms with Crippen molar-refractivity contribution in [3.8, 4) is 0 Å². The number of nitrogens with zero attached hydrogens (tertiary/aromatic N) is 3. The number of piperidine rings is 1. The van der Waals surface area contributed by atoms with Crippen molar-refractivity contribution in [1.82, 2.24) is 15.2 Å². The third-order valence-corrected chi connectivity index (χ3v) is 3.93. The van der Waals surface area contributed by atoms with E-state index in [-0.39, 0.29) is 17.6 Å². The number of nitrogens with one attached hydrogen (secondary N) is 1. The molecule has 2 heterocycles. The van der Waals surface area contributed by atoms with Gasteiger partial charge in [0.1, 0.15) is 11.7 Å². The Morgan fingerprint density at radius 3 is 2.70 bits per heavy atom. The van der Waals surface area contributed by atoms with Crippen molar-refractivity contribution in [3.63, 3.8) is 0 Å². The molecule has 1 aromatic heterocycles. The molecule has 120 valence electrons. The number of benzene rings is 1. The van der Waals surface area contributed by atoms with E-state index < -0.39 is 6.04 Å². The molecule has 1 aromatic carbocycles. The maximum Gasteiger partial charge on any atom is 0.253 e. The quantitative estimate of drug-likeness (QED) is 0.933. The second-order valence-electron chi connectivity index (χ2n) is 5.54. The zero-order chi connectivity index (χ0) is 16.2. The van der Waals surface area contributed by atoms with Crippen molar-refractivity contribution in [3.05, 3.63) is 41.6 Å². The van der Waals surface area contributed by atoms with E-state index in [1.54, 1.807) is 11.8 Å². The fourth-order valence-electron chi connectivity index (χ4n) is 2.74. The minimum Gasteiger partial charge on any atom is -0.327 e. The van der Waals surface area contributed by atoms with Gasteiger partial charge in [-0.2, -0.15) is 0 Å². The molecule has 1 aliphatic heterocycles. The molecule has 1 aliphatic rings. The lowest BCUT2D eigenvalue weighted by Crippen LogP contribution is -2.43. The second-order valence-corrected chi connectivity index (χ2v) is 5.54. The highest BCUT2D eigenvalue weighted by atomic mass is 16.6. The minimum absolute atomic E-state index is 0.00440. The number of aromatic nitrogens is 2. The Balaban J connectivity index is 1.90. The summed E-state index contributed by atoms with van der Waals surface area (Å²) in [6.45, 7) is 2.26. The third-order valence-electron chi connectivity index (χ3n) is 3.93. The molecule has 2 aromatic rings. The first-order chi connectivity index (χ1) is 11.2. The highest BCUT2D eigenvalue weighted by Crippen LogP contribution is 2.27. The number of carbonyl (C=O) groups is 2. The largest absolute Gasteiger partial charge is 0.327 e. The Hall–Kier alpha value is -2.70. The number of rotatable bonds is 4. The molecule has 1 atom stereocenters. The van der Waals surface area contributed by atoms with E-state index in [9.17, 15) is 9.59 Å². The molecule has 0 bridgehead atoms. The van der Waals surface area contributed by atoms with Crippen molar-refractivity contribution in [2.24, 2.45) is 0 Å². The Morgan fingerprint density at radius 2 is 2.04 bits per heavy atom. The van der Waals surface area contributed by atoms with Gasteiger partial charge in [-0.15, -0.1) is 0 Å². The van der Waals surface area contributed by atoms with Crippen LogP contribution in [-0.2, 0) is 9.59 Å². The molecule has 1 saturated heterocycles. The summed E-state index contributed by atoms with van der Waals surface area (Å²) in [7, 11) is 0. The first-order valence-electron chi connectivity index (χ1n) is 7.61. The average molecular weight is 314 g/mol. The van der Waals surface area contributed by atoms with Gasteiger partial charge in [0.25, 0.3) is 5.91 Å². The van der Waals surface area contributed by atoms with E-state index >= 15 is 0 Å². The lowest BCUT2D eigenvalue weighted by molar-refractivity contribution is -0.141. The molecule has 1 N–H and O–H groups in total. The molecule has 0 spiro atoms.